The zero-order valence-electron chi connectivity index (χ0n) is 13.8. The van der Waals surface area contributed by atoms with Crippen LogP contribution in [-0.4, -0.2) is 19.6 Å². The summed E-state index contributed by atoms with van der Waals surface area (Å²) in [7, 11) is 1.54. The van der Waals surface area contributed by atoms with Crippen LogP contribution in [0.2, 0.25) is 0 Å². The fourth-order valence-corrected chi connectivity index (χ4v) is 2.22. The molecule has 126 valence electrons. The number of allylic oxidation sites excluding steroid dienone is 1. The molecular formula is C19H20FNO3. The van der Waals surface area contributed by atoms with Gasteiger partial charge in [-0.25, -0.2) is 4.39 Å². The summed E-state index contributed by atoms with van der Waals surface area (Å²) in [5, 5.41) is 2.69. The molecule has 2 aromatic carbocycles. The van der Waals surface area contributed by atoms with Crippen molar-refractivity contribution in [3.63, 3.8) is 0 Å². The van der Waals surface area contributed by atoms with Gasteiger partial charge in [-0.15, -0.1) is 6.58 Å². The van der Waals surface area contributed by atoms with E-state index in [0.29, 0.717) is 22.7 Å². The first kappa shape index (κ1) is 17.5. The number of amides is 1. The van der Waals surface area contributed by atoms with Crippen LogP contribution in [0.4, 0.5) is 10.1 Å². The second-order valence-electron chi connectivity index (χ2n) is 5.27. The van der Waals surface area contributed by atoms with Crippen LogP contribution in [0.5, 0.6) is 11.5 Å². The van der Waals surface area contributed by atoms with E-state index in [0.717, 1.165) is 12.0 Å². The van der Waals surface area contributed by atoms with Crippen molar-refractivity contribution in [2.45, 2.75) is 13.3 Å². The summed E-state index contributed by atoms with van der Waals surface area (Å²) < 4.78 is 23.9. The Morgan fingerprint density at radius 3 is 2.71 bits per heavy atom. The van der Waals surface area contributed by atoms with Gasteiger partial charge in [-0.1, -0.05) is 12.1 Å². The molecule has 0 aliphatic carbocycles. The summed E-state index contributed by atoms with van der Waals surface area (Å²) in [5.41, 5.74) is 2.24. The van der Waals surface area contributed by atoms with Crippen molar-refractivity contribution in [3.8, 4) is 11.5 Å². The number of hydrogen-bond acceptors (Lipinski definition) is 3. The molecule has 5 heteroatoms. The standard InChI is InChI=1S/C19H20FNO3/c1-4-5-14-6-9-17(18(11-14)23-3)24-12-19(22)21-16-8-7-15(20)10-13(16)2/h4,6-11H,1,5,12H2,2-3H3,(H,21,22). The molecule has 0 radical (unpaired) electrons. The van der Waals surface area contributed by atoms with Crippen LogP contribution in [0, 0.1) is 12.7 Å². The molecule has 2 rings (SSSR count). The molecule has 0 bridgehead atoms. The molecule has 0 aromatic heterocycles. The number of aryl methyl sites for hydroxylation is 1. The van der Waals surface area contributed by atoms with E-state index in [1.165, 1.54) is 18.2 Å². The lowest BCUT2D eigenvalue weighted by Gasteiger charge is -2.12. The fraction of sp³-hybridized carbons (Fsp3) is 0.211. The minimum atomic E-state index is -0.342. The third kappa shape index (κ3) is 4.59. The third-order valence-corrected chi connectivity index (χ3v) is 3.43. The van der Waals surface area contributed by atoms with E-state index >= 15 is 0 Å². The molecule has 1 N–H and O–H groups in total. The van der Waals surface area contributed by atoms with Gasteiger partial charge < -0.3 is 14.8 Å². The number of methoxy groups -OCH3 is 1. The number of benzene rings is 2. The average molecular weight is 329 g/mol. The van der Waals surface area contributed by atoms with E-state index in [1.54, 1.807) is 26.2 Å². The molecule has 0 heterocycles. The Bertz CT molecular complexity index is 743. The molecule has 0 spiro atoms. The maximum Gasteiger partial charge on any atom is 0.262 e. The second-order valence-corrected chi connectivity index (χ2v) is 5.27. The molecule has 2 aromatic rings. The van der Waals surface area contributed by atoms with Gasteiger partial charge in [-0.05, 0) is 54.8 Å². The summed E-state index contributed by atoms with van der Waals surface area (Å²) in [5.74, 6) is 0.365. The number of hydrogen-bond donors (Lipinski definition) is 1. The van der Waals surface area contributed by atoms with Gasteiger partial charge in [0.05, 0.1) is 7.11 Å². The minimum absolute atomic E-state index is 0.173. The third-order valence-electron chi connectivity index (χ3n) is 3.43. The van der Waals surface area contributed by atoms with Crippen molar-refractivity contribution in [2.24, 2.45) is 0 Å². The largest absolute Gasteiger partial charge is 0.493 e. The summed E-state index contributed by atoms with van der Waals surface area (Å²) in [6.45, 7) is 5.25. The highest BCUT2D eigenvalue weighted by atomic mass is 19.1. The van der Waals surface area contributed by atoms with Crippen molar-refractivity contribution in [3.05, 3.63) is 66.0 Å². The number of anilines is 1. The quantitative estimate of drug-likeness (QED) is 0.784. The van der Waals surface area contributed by atoms with Crippen LogP contribution in [0.25, 0.3) is 0 Å². The predicted octanol–water partition coefficient (Wildman–Crippen LogP) is 3.89. The highest BCUT2D eigenvalue weighted by Crippen LogP contribution is 2.28. The summed E-state index contributed by atoms with van der Waals surface area (Å²) in [6.07, 6.45) is 2.52. The van der Waals surface area contributed by atoms with Crippen molar-refractivity contribution in [2.75, 3.05) is 19.0 Å². The van der Waals surface area contributed by atoms with Crippen LogP contribution in [0.15, 0.2) is 49.1 Å². The smallest absolute Gasteiger partial charge is 0.262 e. The first-order valence-corrected chi connectivity index (χ1v) is 7.50. The van der Waals surface area contributed by atoms with Crippen LogP contribution in [0.1, 0.15) is 11.1 Å². The normalized spacial score (nSPS) is 10.1. The SMILES string of the molecule is C=CCc1ccc(OCC(=O)Nc2ccc(F)cc2C)c(OC)c1. The first-order valence-electron chi connectivity index (χ1n) is 7.50. The molecular weight excluding hydrogens is 309 g/mol. The Kier molecular flexibility index (Phi) is 5.95. The predicted molar refractivity (Wildman–Crippen MR) is 92.2 cm³/mol. The number of nitrogens with one attached hydrogen (secondary N) is 1. The maximum absolute atomic E-state index is 13.1. The summed E-state index contributed by atoms with van der Waals surface area (Å²) in [6, 6.07) is 9.67. The Hall–Kier alpha value is -2.82. The number of rotatable bonds is 7. The molecule has 0 saturated carbocycles. The van der Waals surface area contributed by atoms with Crippen LogP contribution in [-0.2, 0) is 11.2 Å². The highest BCUT2D eigenvalue weighted by Gasteiger charge is 2.10. The molecule has 0 saturated heterocycles. The first-order chi connectivity index (χ1) is 11.5. The van der Waals surface area contributed by atoms with Crippen molar-refractivity contribution >= 4 is 11.6 Å². The summed E-state index contributed by atoms with van der Waals surface area (Å²) >= 11 is 0. The average Bonchev–Trinajstić information content (AvgIpc) is 2.56. The van der Waals surface area contributed by atoms with Crippen molar-refractivity contribution in [1.82, 2.24) is 0 Å². The van der Waals surface area contributed by atoms with Crippen molar-refractivity contribution < 1.29 is 18.7 Å². The van der Waals surface area contributed by atoms with Crippen molar-refractivity contribution in [1.29, 1.82) is 0 Å². The molecule has 0 unspecified atom stereocenters. The monoisotopic (exact) mass is 329 g/mol. The Morgan fingerprint density at radius 2 is 2.04 bits per heavy atom. The van der Waals surface area contributed by atoms with Gasteiger partial charge in [0.15, 0.2) is 18.1 Å². The van der Waals surface area contributed by atoms with Gasteiger partial charge in [0.2, 0.25) is 0 Å². The van der Waals surface area contributed by atoms with E-state index < -0.39 is 0 Å². The van der Waals surface area contributed by atoms with Crippen LogP contribution in [0.3, 0.4) is 0 Å². The molecule has 0 atom stereocenters. The lowest BCUT2D eigenvalue weighted by molar-refractivity contribution is -0.118. The zero-order chi connectivity index (χ0) is 17.5. The van der Waals surface area contributed by atoms with Gasteiger partial charge in [0.1, 0.15) is 5.82 Å². The van der Waals surface area contributed by atoms with Gasteiger partial charge in [-0.2, -0.15) is 0 Å². The van der Waals surface area contributed by atoms with Crippen LogP contribution >= 0.6 is 0 Å². The molecule has 4 nitrogen and oxygen atoms in total. The topological polar surface area (TPSA) is 47.6 Å². The van der Waals surface area contributed by atoms with E-state index in [-0.39, 0.29) is 18.3 Å². The van der Waals surface area contributed by atoms with E-state index in [9.17, 15) is 9.18 Å². The number of halogens is 1. The van der Waals surface area contributed by atoms with Gasteiger partial charge in [0.25, 0.3) is 5.91 Å². The molecule has 1 amide bonds. The van der Waals surface area contributed by atoms with Gasteiger partial charge in [0, 0.05) is 5.69 Å². The molecule has 0 fully saturated rings. The highest BCUT2D eigenvalue weighted by molar-refractivity contribution is 5.92. The lowest BCUT2D eigenvalue weighted by atomic mass is 10.1. The van der Waals surface area contributed by atoms with Gasteiger partial charge in [-0.3, -0.25) is 4.79 Å². The molecule has 24 heavy (non-hydrogen) atoms. The van der Waals surface area contributed by atoms with Gasteiger partial charge >= 0.3 is 0 Å². The Balaban J connectivity index is 1.99. The number of ether oxygens (including phenoxy) is 2. The number of carbonyl (C=O) groups is 1. The Labute approximate surface area is 140 Å². The molecule has 0 aliphatic heterocycles. The minimum Gasteiger partial charge on any atom is -0.493 e. The van der Waals surface area contributed by atoms with E-state index in [2.05, 4.69) is 11.9 Å². The van der Waals surface area contributed by atoms with Crippen LogP contribution < -0.4 is 14.8 Å². The molecule has 0 aliphatic rings. The maximum atomic E-state index is 13.1. The zero-order valence-corrected chi connectivity index (χ0v) is 13.8. The van der Waals surface area contributed by atoms with E-state index in [1.807, 2.05) is 12.1 Å². The fourth-order valence-electron chi connectivity index (χ4n) is 2.22. The number of carbonyl (C=O) groups excluding carboxylic acids is 1. The Morgan fingerprint density at radius 1 is 1.25 bits per heavy atom. The van der Waals surface area contributed by atoms with E-state index in [4.69, 9.17) is 9.47 Å². The second kappa shape index (κ2) is 8.15. The summed E-state index contributed by atoms with van der Waals surface area (Å²) in [4.78, 5) is 12.0. The lowest BCUT2D eigenvalue weighted by Crippen LogP contribution is -2.20.